The summed E-state index contributed by atoms with van der Waals surface area (Å²) >= 11 is 12.8. The topological polar surface area (TPSA) is 18.5 Å². The third kappa shape index (κ3) is 3.55. The van der Waals surface area contributed by atoms with Crippen molar-refractivity contribution in [1.29, 1.82) is 0 Å². The molecular weight excluding hydrogens is 274 g/mol. The van der Waals surface area contributed by atoms with E-state index in [0.29, 0.717) is 0 Å². The first kappa shape index (κ1) is 13.1. The van der Waals surface area contributed by atoms with Crippen LogP contribution in [0.5, 0.6) is 0 Å². The maximum atomic E-state index is 5.93. The van der Waals surface area contributed by atoms with Gasteiger partial charge in [0.25, 0.3) is 0 Å². The molecule has 1 aliphatic heterocycles. The molecular formula is C11H16ClN3S2. The lowest BCUT2D eigenvalue weighted by Gasteiger charge is -2.35. The fourth-order valence-corrected chi connectivity index (χ4v) is 3.24. The minimum Gasteiger partial charge on any atom is -0.366 e. The van der Waals surface area contributed by atoms with Crippen molar-refractivity contribution in [1.82, 2.24) is 15.1 Å². The normalized spacial score (nSPS) is 17.2. The molecule has 2 rings (SSSR count). The van der Waals surface area contributed by atoms with Crippen molar-refractivity contribution >= 4 is 40.3 Å². The first-order valence-corrected chi connectivity index (χ1v) is 7.22. The number of thiophene rings is 1. The molecule has 0 aromatic carbocycles. The highest BCUT2D eigenvalue weighted by Gasteiger charge is 2.18. The number of halogens is 1. The molecule has 1 aromatic heterocycles. The van der Waals surface area contributed by atoms with E-state index in [1.54, 1.807) is 11.3 Å². The van der Waals surface area contributed by atoms with Crippen LogP contribution in [0.15, 0.2) is 12.1 Å². The van der Waals surface area contributed by atoms with Crippen molar-refractivity contribution in [2.24, 2.45) is 0 Å². The van der Waals surface area contributed by atoms with Crippen LogP contribution in [0.25, 0.3) is 0 Å². The van der Waals surface area contributed by atoms with Gasteiger partial charge in [0.1, 0.15) is 0 Å². The number of nitrogens with one attached hydrogen (secondary N) is 1. The summed E-state index contributed by atoms with van der Waals surface area (Å²) in [4.78, 5) is 5.99. The average Bonchev–Trinajstić information content (AvgIpc) is 2.75. The van der Waals surface area contributed by atoms with E-state index in [1.807, 2.05) is 13.1 Å². The molecule has 3 nitrogen and oxygen atoms in total. The van der Waals surface area contributed by atoms with Gasteiger partial charge in [-0.25, -0.2) is 0 Å². The molecule has 6 heteroatoms. The zero-order chi connectivity index (χ0) is 12.3. The number of nitrogens with zero attached hydrogens (tertiary/aromatic N) is 2. The number of piperazine rings is 1. The molecule has 1 aromatic rings. The van der Waals surface area contributed by atoms with Crippen LogP contribution in [0, 0.1) is 0 Å². The van der Waals surface area contributed by atoms with Gasteiger partial charge in [-0.1, -0.05) is 11.6 Å². The minimum absolute atomic E-state index is 0.851. The second-order valence-corrected chi connectivity index (χ2v) is 6.21. The van der Waals surface area contributed by atoms with Gasteiger partial charge in [0.2, 0.25) is 0 Å². The molecule has 0 amide bonds. The third-order valence-electron chi connectivity index (χ3n) is 2.88. The van der Waals surface area contributed by atoms with Crippen LogP contribution >= 0.6 is 35.2 Å². The van der Waals surface area contributed by atoms with E-state index in [1.165, 1.54) is 4.88 Å². The lowest BCUT2D eigenvalue weighted by Crippen LogP contribution is -2.50. The van der Waals surface area contributed by atoms with Crippen molar-refractivity contribution in [3.8, 4) is 0 Å². The maximum Gasteiger partial charge on any atom is 0.168 e. The molecule has 0 aliphatic carbocycles. The summed E-state index contributed by atoms with van der Waals surface area (Å²) in [5.74, 6) is 0. The van der Waals surface area contributed by atoms with Gasteiger partial charge in [0.05, 0.1) is 4.34 Å². The van der Waals surface area contributed by atoms with E-state index >= 15 is 0 Å². The number of hydrogen-bond donors (Lipinski definition) is 1. The van der Waals surface area contributed by atoms with E-state index in [-0.39, 0.29) is 0 Å². The monoisotopic (exact) mass is 289 g/mol. The second kappa shape index (κ2) is 6.00. The fraction of sp³-hybridized carbons (Fsp3) is 0.545. The van der Waals surface area contributed by atoms with E-state index in [0.717, 1.165) is 42.2 Å². The second-order valence-electron chi connectivity index (χ2n) is 4.02. The molecule has 0 radical (unpaired) electrons. The predicted octanol–water partition coefficient (Wildman–Crippen LogP) is 2.02. The SMILES string of the molecule is CNC(=S)N1CCN(Cc2ccc(Cl)s2)CC1. The van der Waals surface area contributed by atoms with Crippen molar-refractivity contribution in [2.75, 3.05) is 33.2 Å². The summed E-state index contributed by atoms with van der Waals surface area (Å²) in [5.41, 5.74) is 0. The van der Waals surface area contributed by atoms with E-state index < -0.39 is 0 Å². The molecule has 2 heterocycles. The summed E-state index contributed by atoms with van der Waals surface area (Å²) in [6.45, 7) is 5.10. The Morgan fingerprint density at radius 3 is 2.65 bits per heavy atom. The highest BCUT2D eigenvalue weighted by atomic mass is 35.5. The number of rotatable bonds is 2. The Kier molecular flexibility index (Phi) is 4.62. The summed E-state index contributed by atoms with van der Waals surface area (Å²) in [6, 6.07) is 4.07. The van der Waals surface area contributed by atoms with E-state index in [2.05, 4.69) is 21.2 Å². The quantitative estimate of drug-likeness (QED) is 0.840. The standard InChI is InChI=1S/C11H16ClN3S2/c1-13-11(16)15-6-4-14(5-7-15)8-9-2-3-10(12)17-9/h2-3H,4-8H2,1H3,(H,13,16). The largest absolute Gasteiger partial charge is 0.366 e. The molecule has 0 saturated carbocycles. The molecule has 0 bridgehead atoms. The molecule has 1 aliphatic rings. The van der Waals surface area contributed by atoms with Crippen LogP contribution in [0.3, 0.4) is 0 Å². The van der Waals surface area contributed by atoms with Crippen LogP contribution in [0.2, 0.25) is 4.34 Å². The first-order valence-electron chi connectivity index (χ1n) is 5.62. The summed E-state index contributed by atoms with van der Waals surface area (Å²) in [7, 11) is 1.88. The van der Waals surface area contributed by atoms with Crippen LogP contribution in [0.1, 0.15) is 4.88 Å². The number of thiocarbonyl (C=S) groups is 1. The molecule has 0 unspecified atom stereocenters. The zero-order valence-corrected chi connectivity index (χ0v) is 12.2. The van der Waals surface area contributed by atoms with Crippen LogP contribution < -0.4 is 5.32 Å². The van der Waals surface area contributed by atoms with E-state index in [9.17, 15) is 0 Å². The molecule has 1 saturated heterocycles. The zero-order valence-electron chi connectivity index (χ0n) is 9.78. The Bertz CT molecular complexity index is 386. The summed E-state index contributed by atoms with van der Waals surface area (Å²) < 4.78 is 0.870. The summed E-state index contributed by atoms with van der Waals surface area (Å²) in [5, 5.41) is 3.88. The highest BCUT2D eigenvalue weighted by molar-refractivity contribution is 7.80. The Balaban J connectivity index is 1.81. The molecule has 1 fully saturated rings. The molecule has 94 valence electrons. The lowest BCUT2D eigenvalue weighted by atomic mass is 10.3. The van der Waals surface area contributed by atoms with Gasteiger partial charge in [-0.05, 0) is 24.4 Å². The van der Waals surface area contributed by atoms with Crippen molar-refractivity contribution < 1.29 is 0 Å². The van der Waals surface area contributed by atoms with Crippen molar-refractivity contribution in [3.05, 3.63) is 21.3 Å². The Labute approximate surface area is 116 Å². The van der Waals surface area contributed by atoms with Gasteiger partial charge in [-0.3, -0.25) is 4.90 Å². The fourth-order valence-electron chi connectivity index (χ4n) is 1.92. The Hall–Kier alpha value is -0.360. The predicted molar refractivity (Wildman–Crippen MR) is 77.8 cm³/mol. The Morgan fingerprint density at radius 2 is 2.12 bits per heavy atom. The van der Waals surface area contributed by atoms with Gasteiger partial charge in [0.15, 0.2) is 5.11 Å². The van der Waals surface area contributed by atoms with Gasteiger partial charge < -0.3 is 10.2 Å². The third-order valence-corrected chi connectivity index (χ3v) is 4.56. The number of hydrogen-bond acceptors (Lipinski definition) is 3. The summed E-state index contributed by atoms with van der Waals surface area (Å²) in [6.07, 6.45) is 0. The van der Waals surface area contributed by atoms with Crippen LogP contribution in [0.4, 0.5) is 0 Å². The van der Waals surface area contributed by atoms with Gasteiger partial charge >= 0.3 is 0 Å². The smallest absolute Gasteiger partial charge is 0.168 e. The molecule has 1 N–H and O–H groups in total. The van der Waals surface area contributed by atoms with Gasteiger partial charge in [-0.15, -0.1) is 11.3 Å². The van der Waals surface area contributed by atoms with Crippen LogP contribution in [-0.4, -0.2) is 48.1 Å². The molecule has 0 atom stereocenters. The minimum atomic E-state index is 0.851. The van der Waals surface area contributed by atoms with Gasteiger partial charge in [0, 0.05) is 44.6 Å². The highest BCUT2D eigenvalue weighted by Crippen LogP contribution is 2.23. The molecule has 17 heavy (non-hydrogen) atoms. The van der Waals surface area contributed by atoms with E-state index in [4.69, 9.17) is 23.8 Å². The van der Waals surface area contributed by atoms with Crippen molar-refractivity contribution in [3.63, 3.8) is 0 Å². The lowest BCUT2D eigenvalue weighted by molar-refractivity contribution is 0.176. The first-order chi connectivity index (χ1) is 8.19. The Morgan fingerprint density at radius 1 is 1.41 bits per heavy atom. The maximum absolute atomic E-state index is 5.93. The van der Waals surface area contributed by atoms with Crippen LogP contribution in [-0.2, 0) is 6.54 Å². The van der Waals surface area contributed by atoms with Crippen molar-refractivity contribution in [2.45, 2.75) is 6.54 Å². The van der Waals surface area contributed by atoms with Gasteiger partial charge in [-0.2, -0.15) is 0 Å². The average molecular weight is 290 g/mol. The molecule has 0 spiro atoms.